The van der Waals surface area contributed by atoms with Gasteiger partial charge in [0.15, 0.2) is 0 Å². The molecule has 1 saturated carbocycles. The van der Waals surface area contributed by atoms with Crippen LogP contribution in [-0.2, 0) is 14.3 Å². The summed E-state index contributed by atoms with van der Waals surface area (Å²) in [6.45, 7) is 11.6. The van der Waals surface area contributed by atoms with Gasteiger partial charge in [0.2, 0.25) is 11.8 Å². The minimum Gasteiger partial charge on any atom is -0.379 e. The highest BCUT2D eigenvalue weighted by atomic mass is 16.5. The van der Waals surface area contributed by atoms with Crippen molar-refractivity contribution >= 4 is 11.8 Å². The van der Waals surface area contributed by atoms with Crippen LogP contribution in [0.5, 0.6) is 0 Å². The van der Waals surface area contributed by atoms with E-state index in [2.05, 4.69) is 22.0 Å². The van der Waals surface area contributed by atoms with E-state index in [0.717, 1.165) is 72.0 Å². The van der Waals surface area contributed by atoms with Crippen molar-refractivity contribution in [2.45, 2.75) is 13.3 Å². The van der Waals surface area contributed by atoms with E-state index in [9.17, 15) is 9.59 Å². The van der Waals surface area contributed by atoms with Gasteiger partial charge >= 0.3 is 0 Å². The molecule has 3 aliphatic rings. The van der Waals surface area contributed by atoms with Crippen LogP contribution in [0.4, 0.5) is 0 Å². The van der Waals surface area contributed by atoms with Crippen LogP contribution in [0.1, 0.15) is 13.3 Å². The average Bonchev–Trinajstić information content (AvgIpc) is 3.43. The van der Waals surface area contributed by atoms with Crippen molar-refractivity contribution in [1.82, 2.24) is 20.0 Å². The number of rotatable bonds is 6. The third kappa shape index (κ3) is 4.46. The summed E-state index contributed by atoms with van der Waals surface area (Å²) in [6, 6.07) is 0. The van der Waals surface area contributed by atoms with Gasteiger partial charge in [-0.05, 0) is 13.0 Å². The van der Waals surface area contributed by atoms with Crippen LogP contribution in [-0.4, -0.2) is 98.6 Å². The molecule has 2 aliphatic heterocycles. The lowest BCUT2D eigenvalue weighted by Gasteiger charge is -2.34. The van der Waals surface area contributed by atoms with E-state index in [1.807, 2.05) is 4.90 Å². The fourth-order valence-electron chi connectivity index (χ4n) is 3.57. The van der Waals surface area contributed by atoms with E-state index in [1.54, 1.807) is 0 Å². The second kappa shape index (κ2) is 8.27. The monoisotopic (exact) mass is 338 g/mol. The maximum Gasteiger partial charge on any atom is 0.226 e. The zero-order chi connectivity index (χ0) is 16.9. The largest absolute Gasteiger partial charge is 0.379 e. The summed E-state index contributed by atoms with van der Waals surface area (Å²) >= 11 is 0. The van der Waals surface area contributed by atoms with E-state index in [0.29, 0.717) is 6.54 Å². The van der Waals surface area contributed by atoms with Crippen molar-refractivity contribution in [2.24, 2.45) is 11.8 Å². The summed E-state index contributed by atoms with van der Waals surface area (Å²) in [5, 5.41) is 3.00. The Balaban J connectivity index is 1.33. The van der Waals surface area contributed by atoms with E-state index < -0.39 is 0 Å². The Labute approximate surface area is 144 Å². The summed E-state index contributed by atoms with van der Waals surface area (Å²) in [5.74, 6) is 0.0424. The Kier molecular flexibility index (Phi) is 6.08. The number of amides is 2. The molecule has 2 heterocycles. The van der Waals surface area contributed by atoms with Crippen LogP contribution >= 0.6 is 0 Å². The smallest absolute Gasteiger partial charge is 0.226 e. The first-order valence-electron chi connectivity index (χ1n) is 9.28. The second-order valence-corrected chi connectivity index (χ2v) is 6.95. The molecule has 2 saturated heterocycles. The lowest BCUT2D eigenvalue weighted by atomic mass is 10.2. The number of likely N-dealkylation sites (N-methyl/N-ethyl adjacent to an activating group) is 1. The summed E-state index contributed by atoms with van der Waals surface area (Å²) < 4.78 is 5.31. The third-order valence-electron chi connectivity index (χ3n) is 5.41. The highest BCUT2D eigenvalue weighted by Gasteiger charge is 2.49. The number of carbonyl (C=O) groups is 2. The first-order valence-corrected chi connectivity index (χ1v) is 9.28. The summed E-state index contributed by atoms with van der Waals surface area (Å²) in [7, 11) is 0. The number of morpholine rings is 1. The van der Waals surface area contributed by atoms with Gasteiger partial charge in [-0.3, -0.25) is 14.5 Å². The summed E-state index contributed by atoms with van der Waals surface area (Å²) in [5.41, 5.74) is 0. The fraction of sp³-hybridized carbons (Fsp3) is 0.882. The number of piperazine rings is 1. The Morgan fingerprint density at radius 3 is 2.38 bits per heavy atom. The molecular formula is C17H30N4O3. The molecule has 136 valence electrons. The second-order valence-electron chi connectivity index (χ2n) is 6.95. The molecule has 2 amide bonds. The van der Waals surface area contributed by atoms with Crippen LogP contribution in [0.25, 0.3) is 0 Å². The van der Waals surface area contributed by atoms with Crippen molar-refractivity contribution in [3.05, 3.63) is 0 Å². The molecule has 0 aromatic rings. The Morgan fingerprint density at radius 1 is 1.00 bits per heavy atom. The third-order valence-corrected chi connectivity index (χ3v) is 5.41. The van der Waals surface area contributed by atoms with Gasteiger partial charge in [-0.2, -0.15) is 0 Å². The molecule has 7 heteroatoms. The van der Waals surface area contributed by atoms with Crippen LogP contribution in [0, 0.1) is 11.8 Å². The van der Waals surface area contributed by atoms with Gasteiger partial charge in [-0.15, -0.1) is 0 Å². The predicted octanol–water partition coefficient (Wildman–Crippen LogP) is -0.765. The first kappa shape index (κ1) is 17.6. The van der Waals surface area contributed by atoms with E-state index in [1.165, 1.54) is 0 Å². The normalized spacial score (nSPS) is 28.6. The van der Waals surface area contributed by atoms with Crippen molar-refractivity contribution in [2.75, 3.05) is 72.1 Å². The van der Waals surface area contributed by atoms with Gasteiger partial charge in [-0.25, -0.2) is 0 Å². The molecule has 0 spiro atoms. The number of nitrogens with zero attached hydrogens (tertiary/aromatic N) is 3. The fourth-order valence-corrected chi connectivity index (χ4v) is 3.57. The van der Waals surface area contributed by atoms with Crippen LogP contribution in [0.2, 0.25) is 0 Å². The summed E-state index contributed by atoms with van der Waals surface area (Å²) in [4.78, 5) is 31.3. The minimum atomic E-state index is -0.105. The average molecular weight is 338 g/mol. The van der Waals surface area contributed by atoms with Crippen molar-refractivity contribution in [1.29, 1.82) is 0 Å². The minimum absolute atomic E-state index is 0.0498. The predicted molar refractivity (Wildman–Crippen MR) is 90.6 cm³/mol. The van der Waals surface area contributed by atoms with E-state index >= 15 is 0 Å². The maximum absolute atomic E-state index is 12.5. The number of nitrogens with one attached hydrogen (secondary N) is 1. The lowest BCUT2D eigenvalue weighted by Crippen LogP contribution is -2.49. The van der Waals surface area contributed by atoms with Gasteiger partial charge < -0.3 is 19.9 Å². The standard InChI is InChI=1S/C17H30N4O3/c1-2-19-5-7-21(8-6-19)17(23)15-13-14(15)16(22)18-3-4-20-9-11-24-12-10-20/h14-15H,2-13H2,1H3,(H,18,22). The molecule has 0 radical (unpaired) electrons. The van der Waals surface area contributed by atoms with Gasteiger partial charge in [0.25, 0.3) is 0 Å². The van der Waals surface area contributed by atoms with Gasteiger partial charge in [-0.1, -0.05) is 6.92 Å². The van der Waals surface area contributed by atoms with Crippen molar-refractivity contribution in [3.8, 4) is 0 Å². The highest BCUT2D eigenvalue weighted by molar-refractivity contribution is 5.92. The van der Waals surface area contributed by atoms with E-state index in [-0.39, 0.29) is 23.7 Å². The topological polar surface area (TPSA) is 65.1 Å². The van der Waals surface area contributed by atoms with Crippen LogP contribution < -0.4 is 5.32 Å². The summed E-state index contributed by atoms with van der Waals surface area (Å²) in [6.07, 6.45) is 0.718. The van der Waals surface area contributed by atoms with E-state index in [4.69, 9.17) is 4.74 Å². The number of hydrogen-bond donors (Lipinski definition) is 1. The van der Waals surface area contributed by atoms with Crippen LogP contribution in [0.15, 0.2) is 0 Å². The highest BCUT2D eigenvalue weighted by Crippen LogP contribution is 2.40. The zero-order valence-corrected chi connectivity index (χ0v) is 14.7. The number of ether oxygens (including phenoxy) is 1. The molecule has 3 rings (SSSR count). The van der Waals surface area contributed by atoms with Crippen molar-refractivity contribution in [3.63, 3.8) is 0 Å². The van der Waals surface area contributed by atoms with Crippen LogP contribution in [0.3, 0.4) is 0 Å². The Hall–Kier alpha value is -1.18. The molecule has 2 atom stereocenters. The lowest BCUT2D eigenvalue weighted by molar-refractivity contribution is -0.136. The van der Waals surface area contributed by atoms with Gasteiger partial charge in [0.1, 0.15) is 0 Å². The molecule has 1 aliphatic carbocycles. The molecule has 2 unspecified atom stereocenters. The maximum atomic E-state index is 12.5. The molecule has 0 bridgehead atoms. The molecule has 24 heavy (non-hydrogen) atoms. The Morgan fingerprint density at radius 2 is 1.71 bits per heavy atom. The SMILES string of the molecule is CCN1CCN(C(=O)C2CC2C(=O)NCCN2CCOCC2)CC1. The Bertz CT molecular complexity index is 445. The number of carbonyl (C=O) groups excluding carboxylic acids is 2. The van der Waals surface area contributed by atoms with Crippen molar-refractivity contribution < 1.29 is 14.3 Å². The molecule has 3 fully saturated rings. The molecule has 0 aromatic carbocycles. The molecular weight excluding hydrogens is 308 g/mol. The molecule has 0 aromatic heterocycles. The molecule has 7 nitrogen and oxygen atoms in total. The number of hydrogen-bond acceptors (Lipinski definition) is 5. The quantitative estimate of drug-likeness (QED) is 0.689. The van der Waals surface area contributed by atoms with Gasteiger partial charge in [0, 0.05) is 52.4 Å². The zero-order valence-electron chi connectivity index (χ0n) is 14.7. The first-order chi connectivity index (χ1) is 11.7. The molecule has 1 N–H and O–H groups in total. The van der Waals surface area contributed by atoms with Gasteiger partial charge in [0.05, 0.1) is 25.0 Å².